The molecule has 0 N–H and O–H groups in total. The van der Waals surface area contributed by atoms with E-state index in [0.717, 1.165) is 0 Å². The lowest BCUT2D eigenvalue weighted by Crippen LogP contribution is -1.87. The minimum atomic E-state index is 0.194. The molecular weight excluding hydrogens is 151 g/mol. The van der Waals surface area contributed by atoms with E-state index in [0.29, 0.717) is 6.79 Å². The van der Waals surface area contributed by atoms with Gasteiger partial charge in [0.2, 0.25) is 0 Å². The Morgan fingerprint density at radius 3 is 1.38 bits per heavy atom. The molecule has 0 heterocycles. The molecule has 0 spiro atoms. The number of halogens is 2. The van der Waals surface area contributed by atoms with E-state index in [4.69, 9.17) is 23.2 Å². The predicted molar refractivity (Wildman–Crippen MR) is 35.5 cm³/mol. The third-order valence-electron chi connectivity index (χ3n) is 0.236. The highest BCUT2D eigenvalue weighted by molar-refractivity contribution is 6.40. The SMILES string of the molecule is COCOC.ClCCl. The van der Waals surface area contributed by atoms with Crippen molar-refractivity contribution in [2.24, 2.45) is 0 Å². The molecule has 52 valence electrons. The van der Waals surface area contributed by atoms with Crippen LogP contribution < -0.4 is 0 Å². The normalized spacial score (nSPS) is 7.50. The maximum atomic E-state index is 4.76. The lowest BCUT2D eigenvalue weighted by atomic mass is 11.4. The van der Waals surface area contributed by atoms with Crippen molar-refractivity contribution in [3.8, 4) is 0 Å². The summed E-state index contributed by atoms with van der Waals surface area (Å²) in [5.41, 5.74) is 0. The standard InChI is InChI=1S/C3H8O2.CH2Cl2/c1-4-3-5-2;2-1-3/h3H2,1-2H3;1H2. The van der Waals surface area contributed by atoms with Crippen molar-refractivity contribution in [3.63, 3.8) is 0 Å². The molecule has 4 heteroatoms. The lowest BCUT2D eigenvalue weighted by Gasteiger charge is -1.87. The number of ether oxygens (including phenoxy) is 2. The van der Waals surface area contributed by atoms with E-state index in [9.17, 15) is 0 Å². The first-order chi connectivity index (χ1) is 3.83. The van der Waals surface area contributed by atoms with E-state index in [1.54, 1.807) is 14.2 Å². The Balaban J connectivity index is 0. The number of methoxy groups -OCH3 is 2. The Kier molecular flexibility index (Phi) is 22.1. The summed E-state index contributed by atoms with van der Waals surface area (Å²) in [4.78, 5) is 0. The molecule has 0 aromatic carbocycles. The average molecular weight is 161 g/mol. The van der Waals surface area contributed by atoms with Crippen LogP contribution in [-0.2, 0) is 9.47 Å². The van der Waals surface area contributed by atoms with E-state index in [1.165, 1.54) is 0 Å². The molecule has 0 aliphatic carbocycles. The Bertz CT molecular complexity index is 26.0. The zero-order valence-electron chi connectivity index (χ0n) is 4.99. The van der Waals surface area contributed by atoms with Crippen molar-refractivity contribution in [1.82, 2.24) is 0 Å². The van der Waals surface area contributed by atoms with Crippen LogP contribution in [0.4, 0.5) is 0 Å². The van der Waals surface area contributed by atoms with Crippen LogP contribution in [0.1, 0.15) is 0 Å². The van der Waals surface area contributed by atoms with Gasteiger partial charge in [-0.3, -0.25) is 0 Å². The van der Waals surface area contributed by atoms with Crippen molar-refractivity contribution in [2.45, 2.75) is 0 Å². The van der Waals surface area contributed by atoms with E-state index < -0.39 is 0 Å². The van der Waals surface area contributed by atoms with Gasteiger partial charge >= 0.3 is 0 Å². The van der Waals surface area contributed by atoms with Crippen LogP contribution in [0.25, 0.3) is 0 Å². The number of hydrogen-bond donors (Lipinski definition) is 0. The molecule has 0 aromatic rings. The van der Waals surface area contributed by atoms with Gasteiger partial charge < -0.3 is 9.47 Å². The van der Waals surface area contributed by atoms with E-state index in [2.05, 4.69) is 9.47 Å². The van der Waals surface area contributed by atoms with Crippen LogP contribution in [0.3, 0.4) is 0 Å². The molecule has 0 atom stereocenters. The van der Waals surface area contributed by atoms with Crippen LogP contribution in [0, 0.1) is 0 Å². The molecule has 0 rings (SSSR count). The summed E-state index contributed by atoms with van der Waals surface area (Å²) < 4.78 is 8.94. The van der Waals surface area contributed by atoms with Gasteiger partial charge in [-0.2, -0.15) is 0 Å². The van der Waals surface area contributed by atoms with Gasteiger partial charge in [-0.15, -0.1) is 23.2 Å². The first-order valence-corrected chi connectivity index (χ1v) is 3.00. The molecule has 0 aliphatic rings. The molecule has 0 amide bonds. The third-order valence-corrected chi connectivity index (χ3v) is 0.236. The van der Waals surface area contributed by atoms with Gasteiger partial charge in [0.15, 0.2) is 0 Å². The predicted octanol–water partition coefficient (Wildman–Crippen LogP) is 1.66. The van der Waals surface area contributed by atoms with Gasteiger partial charge in [0.05, 0.1) is 5.34 Å². The van der Waals surface area contributed by atoms with E-state index in [1.807, 2.05) is 0 Å². The molecule has 0 aromatic heterocycles. The average Bonchev–Trinajstić information content (AvgIpc) is 1.71. The minimum Gasteiger partial charge on any atom is -0.359 e. The van der Waals surface area contributed by atoms with Gasteiger partial charge in [-0.1, -0.05) is 0 Å². The van der Waals surface area contributed by atoms with Gasteiger partial charge in [0.25, 0.3) is 0 Å². The summed E-state index contributed by atoms with van der Waals surface area (Å²) in [6.45, 7) is 0.389. The number of hydrogen-bond acceptors (Lipinski definition) is 2. The number of alkyl halides is 2. The molecule has 8 heavy (non-hydrogen) atoms. The smallest absolute Gasteiger partial charge is 0.145 e. The van der Waals surface area contributed by atoms with Crippen LogP contribution in [-0.4, -0.2) is 26.4 Å². The van der Waals surface area contributed by atoms with Crippen molar-refractivity contribution in [1.29, 1.82) is 0 Å². The first kappa shape index (κ1) is 11.3. The fraction of sp³-hybridized carbons (Fsp3) is 1.00. The Labute approximate surface area is 59.7 Å². The summed E-state index contributed by atoms with van der Waals surface area (Å²) in [6, 6.07) is 0. The molecule has 0 fully saturated rings. The maximum absolute atomic E-state index is 4.76. The van der Waals surface area contributed by atoms with Crippen molar-refractivity contribution >= 4 is 23.2 Å². The van der Waals surface area contributed by atoms with Crippen molar-refractivity contribution < 1.29 is 9.47 Å². The summed E-state index contributed by atoms with van der Waals surface area (Å²) >= 11 is 9.53. The van der Waals surface area contributed by atoms with E-state index in [-0.39, 0.29) is 5.34 Å². The summed E-state index contributed by atoms with van der Waals surface area (Å²) in [7, 11) is 3.17. The second-order valence-corrected chi connectivity index (χ2v) is 1.60. The lowest BCUT2D eigenvalue weighted by molar-refractivity contribution is -0.00271. The Hall–Kier alpha value is 0.500. The summed E-state index contributed by atoms with van der Waals surface area (Å²) in [6.07, 6.45) is 0. The van der Waals surface area contributed by atoms with Gasteiger partial charge in [0, 0.05) is 14.2 Å². The van der Waals surface area contributed by atoms with Crippen molar-refractivity contribution in [3.05, 3.63) is 0 Å². The minimum absolute atomic E-state index is 0.194. The second-order valence-electron chi connectivity index (χ2n) is 0.796. The fourth-order valence-corrected chi connectivity index (χ4v) is 0.118. The largest absolute Gasteiger partial charge is 0.359 e. The zero-order valence-corrected chi connectivity index (χ0v) is 6.50. The quantitative estimate of drug-likeness (QED) is 0.452. The molecule has 0 radical (unpaired) electrons. The highest BCUT2D eigenvalue weighted by atomic mass is 35.5. The van der Waals surface area contributed by atoms with Crippen LogP contribution in [0.2, 0.25) is 0 Å². The Morgan fingerprint density at radius 2 is 1.38 bits per heavy atom. The molecule has 0 saturated heterocycles. The van der Waals surface area contributed by atoms with Crippen LogP contribution in [0.15, 0.2) is 0 Å². The topological polar surface area (TPSA) is 18.5 Å². The summed E-state index contributed by atoms with van der Waals surface area (Å²) in [5.74, 6) is 0. The fourth-order valence-electron chi connectivity index (χ4n) is 0.118. The second kappa shape index (κ2) is 15.6. The van der Waals surface area contributed by atoms with Crippen molar-refractivity contribution in [2.75, 3.05) is 26.4 Å². The van der Waals surface area contributed by atoms with Gasteiger partial charge in [-0.25, -0.2) is 0 Å². The van der Waals surface area contributed by atoms with Crippen LogP contribution in [0.5, 0.6) is 0 Å². The highest BCUT2D eigenvalue weighted by Crippen LogP contribution is 1.73. The Morgan fingerprint density at radius 1 is 1.12 bits per heavy atom. The van der Waals surface area contributed by atoms with Gasteiger partial charge in [-0.05, 0) is 0 Å². The molecule has 0 saturated carbocycles. The van der Waals surface area contributed by atoms with Crippen LogP contribution >= 0.6 is 23.2 Å². The highest BCUT2D eigenvalue weighted by Gasteiger charge is 1.63. The molecule has 0 bridgehead atoms. The molecule has 2 nitrogen and oxygen atoms in total. The van der Waals surface area contributed by atoms with Gasteiger partial charge in [0.1, 0.15) is 6.79 Å². The van der Waals surface area contributed by atoms with E-state index >= 15 is 0 Å². The molecule has 0 aliphatic heterocycles. The maximum Gasteiger partial charge on any atom is 0.145 e. The third kappa shape index (κ3) is 31.5. The molecule has 0 unspecified atom stereocenters. The first-order valence-electron chi connectivity index (χ1n) is 1.93. The summed E-state index contributed by atoms with van der Waals surface area (Å²) in [5, 5.41) is 0.194. The molecular formula is C4H10Cl2O2. The zero-order chi connectivity index (χ0) is 6.83. The monoisotopic (exact) mass is 160 g/mol. The number of rotatable bonds is 2.